The van der Waals surface area contributed by atoms with E-state index in [-0.39, 0.29) is 24.7 Å². The molecular weight excluding hydrogens is 245 g/mol. The molecule has 0 aromatic rings. The molecule has 0 amide bonds. The van der Waals surface area contributed by atoms with Crippen LogP contribution in [0, 0.1) is 17.8 Å². The molecule has 18 heavy (non-hydrogen) atoms. The van der Waals surface area contributed by atoms with Crippen LogP contribution in [0.4, 0.5) is 13.2 Å². The van der Waals surface area contributed by atoms with Gasteiger partial charge in [-0.05, 0) is 31.1 Å². The molecule has 0 saturated heterocycles. The van der Waals surface area contributed by atoms with Crippen molar-refractivity contribution in [3.8, 4) is 0 Å². The number of carbonyl (C=O) groups is 1. The molecule has 0 radical (unpaired) electrons. The summed E-state index contributed by atoms with van der Waals surface area (Å²) in [4.78, 5) is 11.9. The van der Waals surface area contributed by atoms with Crippen LogP contribution in [0.3, 0.4) is 0 Å². The van der Waals surface area contributed by atoms with Crippen LogP contribution in [0.25, 0.3) is 0 Å². The molecule has 1 aliphatic carbocycles. The summed E-state index contributed by atoms with van der Waals surface area (Å²) < 4.78 is 39.9. The normalized spacial score (nSPS) is 29.3. The lowest BCUT2D eigenvalue weighted by Crippen LogP contribution is -2.27. The molecule has 1 rings (SSSR count). The molecule has 0 heterocycles. The molecule has 1 saturated carbocycles. The molecule has 1 fully saturated rings. The molecule has 2 nitrogen and oxygen atoms in total. The van der Waals surface area contributed by atoms with Gasteiger partial charge in [0, 0.05) is 12.3 Å². The van der Waals surface area contributed by atoms with Gasteiger partial charge in [-0.3, -0.25) is 4.79 Å². The number of rotatable bonds is 5. The number of halogens is 3. The van der Waals surface area contributed by atoms with E-state index < -0.39 is 12.8 Å². The molecule has 0 spiro atoms. The van der Waals surface area contributed by atoms with E-state index in [0.717, 1.165) is 19.3 Å². The van der Waals surface area contributed by atoms with E-state index in [1.54, 1.807) is 0 Å². The van der Waals surface area contributed by atoms with Crippen molar-refractivity contribution in [2.24, 2.45) is 17.8 Å². The van der Waals surface area contributed by atoms with Crippen molar-refractivity contribution in [2.45, 2.75) is 45.7 Å². The smallest absolute Gasteiger partial charge is 0.372 e. The molecule has 0 bridgehead atoms. The highest BCUT2D eigenvalue weighted by Gasteiger charge is 2.30. The standard InChI is InChI=1S/C13H21F3O2/c1-9-5-10(2)7-11(6-9)12(17)3-4-18-8-13(14,15)16/h9-11H,3-8H2,1-2H3. The Morgan fingerprint density at radius 1 is 1.17 bits per heavy atom. The number of hydrogen-bond acceptors (Lipinski definition) is 2. The van der Waals surface area contributed by atoms with Gasteiger partial charge in [-0.1, -0.05) is 13.8 Å². The zero-order valence-corrected chi connectivity index (χ0v) is 10.9. The van der Waals surface area contributed by atoms with Gasteiger partial charge in [0.25, 0.3) is 0 Å². The summed E-state index contributed by atoms with van der Waals surface area (Å²) in [6, 6.07) is 0. The van der Waals surface area contributed by atoms with Crippen LogP contribution in [-0.4, -0.2) is 25.2 Å². The average Bonchev–Trinajstić information content (AvgIpc) is 2.21. The van der Waals surface area contributed by atoms with E-state index >= 15 is 0 Å². The molecule has 106 valence electrons. The summed E-state index contributed by atoms with van der Waals surface area (Å²) in [6.07, 6.45) is -1.35. The number of ketones is 1. The fourth-order valence-electron chi connectivity index (χ4n) is 2.77. The third-order valence-corrected chi connectivity index (χ3v) is 3.39. The Morgan fingerprint density at radius 3 is 2.22 bits per heavy atom. The monoisotopic (exact) mass is 266 g/mol. The average molecular weight is 266 g/mol. The third kappa shape index (κ3) is 5.85. The summed E-state index contributed by atoms with van der Waals surface area (Å²) in [5.74, 6) is 1.12. The molecule has 0 aromatic carbocycles. The lowest BCUT2D eigenvalue weighted by molar-refractivity contribution is -0.174. The largest absolute Gasteiger partial charge is 0.411 e. The molecule has 2 unspecified atom stereocenters. The first-order chi connectivity index (χ1) is 8.28. The van der Waals surface area contributed by atoms with E-state index in [1.807, 2.05) is 0 Å². The van der Waals surface area contributed by atoms with Crippen molar-refractivity contribution in [2.75, 3.05) is 13.2 Å². The van der Waals surface area contributed by atoms with Crippen LogP contribution in [-0.2, 0) is 9.53 Å². The van der Waals surface area contributed by atoms with Crippen molar-refractivity contribution < 1.29 is 22.7 Å². The molecule has 2 atom stereocenters. The number of ether oxygens (including phenoxy) is 1. The molecule has 1 aliphatic rings. The highest BCUT2D eigenvalue weighted by atomic mass is 19.4. The maximum atomic E-state index is 11.9. The van der Waals surface area contributed by atoms with Gasteiger partial charge in [-0.15, -0.1) is 0 Å². The summed E-state index contributed by atoms with van der Waals surface area (Å²) in [5, 5.41) is 0. The van der Waals surface area contributed by atoms with E-state index in [4.69, 9.17) is 0 Å². The van der Waals surface area contributed by atoms with Gasteiger partial charge in [0.1, 0.15) is 12.4 Å². The van der Waals surface area contributed by atoms with Gasteiger partial charge in [0.05, 0.1) is 6.61 Å². The number of alkyl halides is 3. The lowest BCUT2D eigenvalue weighted by Gasteiger charge is -2.30. The first-order valence-corrected chi connectivity index (χ1v) is 6.45. The Hall–Kier alpha value is -0.580. The van der Waals surface area contributed by atoms with Crippen LogP contribution in [0.5, 0.6) is 0 Å². The maximum absolute atomic E-state index is 11.9. The minimum Gasteiger partial charge on any atom is -0.372 e. The second kappa shape index (κ2) is 6.55. The highest BCUT2D eigenvalue weighted by Crippen LogP contribution is 2.33. The van der Waals surface area contributed by atoms with Gasteiger partial charge in [-0.25, -0.2) is 0 Å². The Kier molecular flexibility index (Phi) is 5.63. The zero-order valence-electron chi connectivity index (χ0n) is 10.9. The first-order valence-electron chi connectivity index (χ1n) is 6.45. The summed E-state index contributed by atoms with van der Waals surface area (Å²) in [6.45, 7) is 2.85. The van der Waals surface area contributed by atoms with Crippen LogP contribution in [0.15, 0.2) is 0 Å². The number of Topliss-reactive ketones (excluding diaryl/α,β-unsaturated/α-hetero) is 1. The van der Waals surface area contributed by atoms with E-state index in [9.17, 15) is 18.0 Å². The number of carbonyl (C=O) groups excluding carboxylic acids is 1. The SMILES string of the molecule is CC1CC(C)CC(C(=O)CCOCC(F)(F)F)C1. The Labute approximate surface area is 106 Å². The molecular formula is C13H21F3O2. The van der Waals surface area contributed by atoms with Crippen molar-refractivity contribution in [1.82, 2.24) is 0 Å². The van der Waals surface area contributed by atoms with Crippen molar-refractivity contribution in [3.63, 3.8) is 0 Å². The van der Waals surface area contributed by atoms with Crippen LogP contribution in [0.2, 0.25) is 0 Å². The van der Waals surface area contributed by atoms with Crippen molar-refractivity contribution >= 4 is 5.78 Å². The van der Waals surface area contributed by atoms with Gasteiger partial charge in [0.15, 0.2) is 0 Å². The minimum atomic E-state index is -4.31. The minimum absolute atomic E-state index is 0.0123. The molecule has 0 N–H and O–H groups in total. The number of hydrogen-bond donors (Lipinski definition) is 0. The third-order valence-electron chi connectivity index (χ3n) is 3.39. The van der Waals surface area contributed by atoms with Crippen molar-refractivity contribution in [3.05, 3.63) is 0 Å². The fraction of sp³-hybridized carbons (Fsp3) is 0.923. The van der Waals surface area contributed by atoms with Gasteiger partial charge in [0.2, 0.25) is 0 Å². The summed E-state index contributed by atoms with van der Waals surface area (Å²) >= 11 is 0. The van der Waals surface area contributed by atoms with E-state index in [1.165, 1.54) is 0 Å². The Bertz CT molecular complexity index is 266. The Morgan fingerprint density at radius 2 is 1.72 bits per heavy atom. The highest BCUT2D eigenvalue weighted by molar-refractivity contribution is 5.81. The predicted octanol–water partition coefficient (Wildman–Crippen LogP) is 3.60. The van der Waals surface area contributed by atoms with Crippen LogP contribution >= 0.6 is 0 Å². The summed E-state index contributed by atoms with van der Waals surface area (Å²) in [7, 11) is 0. The predicted molar refractivity (Wildman–Crippen MR) is 62.2 cm³/mol. The van der Waals surface area contributed by atoms with Crippen LogP contribution in [0.1, 0.15) is 39.5 Å². The molecule has 0 aromatic heterocycles. The molecule has 0 aliphatic heterocycles. The first kappa shape index (κ1) is 15.5. The Balaban J connectivity index is 2.24. The van der Waals surface area contributed by atoms with Crippen LogP contribution < -0.4 is 0 Å². The second-order valence-electron chi connectivity index (χ2n) is 5.50. The van der Waals surface area contributed by atoms with Gasteiger partial charge < -0.3 is 4.74 Å². The quantitative estimate of drug-likeness (QED) is 0.711. The van der Waals surface area contributed by atoms with E-state index in [2.05, 4.69) is 18.6 Å². The van der Waals surface area contributed by atoms with Crippen molar-refractivity contribution in [1.29, 1.82) is 0 Å². The van der Waals surface area contributed by atoms with Gasteiger partial charge >= 0.3 is 6.18 Å². The maximum Gasteiger partial charge on any atom is 0.411 e. The summed E-state index contributed by atoms with van der Waals surface area (Å²) in [5.41, 5.74) is 0. The zero-order chi connectivity index (χ0) is 13.8. The topological polar surface area (TPSA) is 26.3 Å². The fourth-order valence-corrected chi connectivity index (χ4v) is 2.77. The van der Waals surface area contributed by atoms with E-state index in [0.29, 0.717) is 11.8 Å². The van der Waals surface area contributed by atoms with Gasteiger partial charge in [-0.2, -0.15) is 13.2 Å². The lowest BCUT2D eigenvalue weighted by atomic mass is 9.74. The molecule has 5 heteroatoms. The second-order valence-corrected chi connectivity index (χ2v) is 5.50.